The van der Waals surface area contributed by atoms with Crippen LogP contribution in [0.4, 0.5) is 5.69 Å². The maximum absolute atomic E-state index is 6.24. The number of nitrogens with two attached hydrogens (primary N) is 1. The summed E-state index contributed by atoms with van der Waals surface area (Å²) in [6, 6.07) is 14.6. The topological polar surface area (TPSA) is 38.5 Å². The Hall–Kier alpha value is -2.00. The van der Waals surface area contributed by atoms with Crippen molar-refractivity contribution in [3.05, 3.63) is 59.2 Å². The van der Waals surface area contributed by atoms with Gasteiger partial charge < -0.3 is 10.5 Å². The Morgan fingerprint density at radius 2 is 1.87 bits per heavy atom. The van der Waals surface area contributed by atoms with Crippen LogP contribution in [0.25, 0.3) is 0 Å². The molecule has 2 aromatic carbocycles. The van der Waals surface area contributed by atoms with Crippen LogP contribution in [0.2, 0.25) is 0 Å². The standard InChI is InChI=1S/C20H26N2O/c1-15-6-7-16(2)20(12-15)23-19-8-10-22(11-9-19)14-17-4-3-5-18(21)13-17/h3-7,12-13,19H,8-11,14,21H2,1-2H3. The highest BCUT2D eigenvalue weighted by Gasteiger charge is 2.21. The molecule has 23 heavy (non-hydrogen) atoms. The number of likely N-dealkylation sites (tertiary alicyclic amines) is 1. The predicted molar refractivity (Wildman–Crippen MR) is 95.7 cm³/mol. The minimum absolute atomic E-state index is 0.326. The third-order valence-electron chi connectivity index (χ3n) is 4.53. The van der Waals surface area contributed by atoms with Crippen molar-refractivity contribution < 1.29 is 4.74 Å². The molecule has 0 aliphatic carbocycles. The molecule has 2 aromatic rings. The third-order valence-corrected chi connectivity index (χ3v) is 4.53. The molecule has 122 valence electrons. The smallest absolute Gasteiger partial charge is 0.122 e. The molecular weight excluding hydrogens is 284 g/mol. The number of nitrogen functional groups attached to an aromatic ring is 1. The second-order valence-corrected chi connectivity index (χ2v) is 6.61. The fraction of sp³-hybridized carbons (Fsp3) is 0.400. The van der Waals surface area contributed by atoms with Crippen LogP contribution in [0.1, 0.15) is 29.5 Å². The van der Waals surface area contributed by atoms with E-state index in [9.17, 15) is 0 Å². The number of anilines is 1. The lowest BCUT2D eigenvalue weighted by Crippen LogP contribution is -2.37. The molecule has 0 bridgehead atoms. The SMILES string of the molecule is Cc1ccc(C)c(OC2CCN(Cc3cccc(N)c3)CC2)c1. The van der Waals surface area contributed by atoms with Crippen LogP contribution in [0, 0.1) is 13.8 Å². The number of piperidine rings is 1. The molecule has 1 fully saturated rings. The zero-order chi connectivity index (χ0) is 16.2. The quantitative estimate of drug-likeness (QED) is 0.870. The van der Waals surface area contributed by atoms with Gasteiger partial charge in [0.05, 0.1) is 0 Å². The zero-order valence-corrected chi connectivity index (χ0v) is 14.1. The molecule has 0 atom stereocenters. The Morgan fingerprint density at radius 3 is 2.61 bits per heavy atom. The van der Waals surface area contributed by atoms with E-state index in [1.807, 2.05) is 12.1 Å². The van der Waals surface area contributed by atoms with Crippen molar-refractivity contribution in [1.29, 1.82) is 0 Å². The van der Waals surface area contributed by atoms with Crippen LogP contribution >= 0.6 is 0 Å². The van der Waals surface area contributed by atoms with Gasteiger partial charge in [-0.3, -0.25) is 4.90 Å². The predicted octanol–water partition coefficient (Wildman–Crippen LogP) is 3.93. The Kier molecular flexibility index (Phi) is 4.87. The first-order chi connectivity index (χ1) is 11.1. The van der Waals surface area contributed by atoms with E-state index in [2.05, 4.69) is 49.1 Å². The molecule has 1 aliphatic rings. The number of hydrogen-bond donors (Lipinski definition) is 1. The molecular formula is C20H26N2O. The van der Waals surface area contributed by atoms with E-state index in [1.165, 1.54) is 16.7 Å². The van der Waals surface area contributed by atoms with Crippen molar-refractivity contribution >= 4 is 5.69 Å². The van der Waals surface area contributed by atoms with Gasteiger partial charge in [0.2, 0.25) is 0 Å². The molecule has 0 saturated carbocycles. The summed E-state index contributed by atoms with van der Waals surface area (Å²) in [5.41, 5.74) is 10.5. The normalized spacial score (nSPS) is 16.4. The van der Waals surface area contributed by atoms with Gasteiger partial charge in [-0.15, -0.1) is 0 Å². The van der Waals surface area contributed by atoms with Crippen molar-refractivity contribution in [2.24, 2.45) is 0 Å². The molecule has 1 heterocycles. The van der Waals surface area contributed by atoms with Gasteiger partial charge in [0, 0.05) is 25.3 Å². The molecule has 0 spiro atoms. The molecule has 0 radical (unpaired) electrons. The van der Waals surface area contributed by atoms with Crippen LogP contribution in [-0.4, -0.2) is 24.1 Å². The molecule has 0 amide bonds. The molecule has 1 aliphatic heterocycles. The summed E-state index contributed by atoms with van der Waals surface area (Å²) in [7, 11) is 0. The fourth-order valence-electron chi connectivity index (χ4n) is 3.15. The lowest BCUT2D eigenvalue weighted by atomic mass is 10.1. The van der Waals surface area contributed by atoms with Gasteiger partial charge in [-0.25, -0.2) is 0 Å². The van der Waals surface area contributed by atoms with Gasteiger partial charge in [-0.05, 0) is 61.6 Å². The van der Waals surface area contributed by atoms with Crippen LogP contribution in [0.3, 0.4) is 0 Å². The maximum atomic E-state index is 6.24. The van der Waals surface area contributed by atoms with Gasteiger partial charge in [0.25, 0.3) is 0 Å². The molecule has 0 unspecified atom stereocenters. The molecule has 3 nitrogen and oxygen atoms in total. The Bertz CT molecular complexity index is 660. The van der Waals surface area contributed by atoms with Crippen molar-refractivity contribution in [2.75, 3.05) is 18.8 Å². The fourth-order valence-corrected chi connectivity index (χ4v) is 3.15. The molecule has 2 N–H and O–H groups in total. The second-order valence-electron chi connectivity index (χ2n) is 6.61. The van der Waals surface area contributed by atoms with E-state index in [1.54, 1.807) is 0 Å². The zero-order valence-electron chi connectivity index (χ0n) is 14.1. The van der Waals surface area contributed by atoms with E-state index in [0.717, 1.165) is 43.9 Å². The lowest BCUT2D eigenvalue weighted by Gasteiger charge is -2.32. The summed E-state index contributed by atoms with van der Waals surface area (Å²) in [6.07, 6.45) is 2.48. The largest absolute Gasteiger partial charge is 0.490 e. The van der Waals surface area contributed by atoms with Gasteiger partial charge in [-0.1, -0.05) is 24.3 Å². The third kappa shape index (κ3) is 4.26. The highest BCUT2D eigenvalue weighted by molar-refractivity contribution is 5.40. The molecule has 3 rings (SSSR count). The van der Waals surface area contributed by atoms with Crippen LogP contribution in [0.5, 0.6) is 5.75 Å². The number of nitrogens with zero attached hydrogens (tertiary/aromatic N) is 1. The van der Waals surface area contributed by atoms with Crippen molar-refractivity contribution in [3.8, 4) is 5.75 Å². The Morgan fingerprint density at radius 1 is 1.09 bits per heavy atom. The first-order valence-electron chi connectivity index (χ1n) is 8.41. The van der Waals surface area contributed by atoms with Crippen LogP contribution < -0.4 is 10.5 Å². The summed E-state index contributed by atoms with van der Waals surface area (Å²) in [6.45, 7) is 7.35. The first-order valence-corrected chi connectivity index (χ1v) is 8.41. The van der Waals surface area contributed by atoms with Gasteiger partial charge in [-0.2, -0.15) is 0 Å². The van der Waals surface area contributed by atoms with E-state index >= 15 is 0 Å². The number of aryl methyl sites for hydroxylation is 2. The second kappa shape index (κ2) is 7.05. The summed E-state index contributed by atoms with van der Waals surface area (Å²) >= 11 is 0. The van der Waals surface area contributed by atoms with Crippen molar-refractivity contribution in [1.82, 2.24) is 4.90 Å². The summed E-state index contributed by atoms with van der Waals surface area (Å²) in [5, 5.41) is 0. The van der Waals surface area contributed by atoms with E-state index in [4.69, 9.17) is 10.5 Å². The van der Waals surface area contributed by atoms with Crippen molar-refractivity contribution in [2.45, 2.75) is 39.3 Å². The van der Waals surface area contributed by atoms with Crippen LogP contribution in [0.15, 0.2) is 42.5 Å². The first kappa shape index (κ1) is 15.9. The monoisotopic (exact) mass is 310 g/mol. The van der Waals surface area contributed by atoms with Gasteiger partial charge in [0.15, 0.2) is 0 Å². The van der Waals surface area contributed by atoms with Gasteiger partial charge in [0.1, 0.15) is 11.9 Å². The summed E-state index contributed by atoms with van der Waals surface area (Å²) in [4.78, 5) is 2.48. The number of rotatable bonds is 4. The Labute approximate surface area is 139 Å². The molecule has 1 saturated heterocycles. The number of benzene rings is 2. The molecule has 0 aromatic heterocycles. The number of hydrogen-bond acceptors (Lipinski definition) is 3. The lowest BCUT2D eigenvalue weighted by molar-refractivity contribution is 0.0962. The number of ether oxygens (including phenoxy) is 1. The highest BCUT2D eigenvalue weighted by atomic mass is 16.5. The summed E-state index contributed by atoms with van der Waals surface area (Å²) < 4.78 is 6.24. The van der Waals surface area contributed by atoms with Crippen molar-refractivity contribution in [3.63, 3.8) is 0 Å². The highest BCUT2D eigenvalue weighted by Crippen LogP contribution is 2.24. The van der Waals surface area contributed by atoms with E-state index in [-0.39, 0.29) is 0 Å². The minimum atomic E-state index is 0.326. The molecule has 3 heteroatoms. The minimum Gasteiger partial charge on any atom is -0.490 e. The van der Waals surface area contributed by atoms with Crippen LogP contribution in [-0.2, 0) is 6.54 Å². The van der Waals surface area contributed by atoms with Gasteiger partial charge >= 0.3 is 0 Å². The average molecular weight is 310 g/mol. The average Bonchev–Trinajstić information content (AvgIpc) is 2.53. The Balaban J connectivity index is 1.53. The van der Waals surface area contributed by atoms with E-state index < -0.39 is 0 Å². The summed E-state index contributed by atoms with van der Waals surface area (Å²) in [5.74, 6) is 1.04. The maximum Gasteiger partial charge on any atom is 0.122 e. The van der Waals surface area contributed by atoms with E-state index in [0.29, 0.717) is 6.10 Å².